The van der Waals surface area contributed by atoms with Crippen LogP contribution in [0.3, 0.4) is 0 Å². The Morgan fingerprint density at radius 2 is 0.933 bits per heavy atom. The summed E-state index contributed by atoms with van der Waals surface area (Å²) < 4.78 is 34.8. The molecule has 0 aliphatic rings. The average Bonchev–Trinajstić information content (AvgIpc) is 4.20. The second kappa shape index (κ2) is 21.3. The molecule has 0 saturated heterocycles. The maximum Gasteiger partial charge on any atom is 0.121 e. The maximum absolute atomic E-state index is 7.90. The molecule has 0 atom stereocenters. The van der Waals surface area contributed by atoms with Gasteiger partial charge in [0.1, 0.15) is 5.58 Å². The van der Waals surface area contributed by atoms with Gasteiger partial charge >= 0.3 is 0 Å². The normalized spacial score (nSPS) is 12.4. The SMILES string of the molecule is CC(C)c1cc(-c2ccccc2)cc(C(C)C)c1-n1c(-c2[c-]cccc2)nc2ccccc21.[2H]C([2H])([2H])c1ccc2c(c1)oc1c(-c3nc4ccccc4n3-c3c(C(C)C)cc(-c4ccccc4)cc3C(C)C)[c-]ccc12.[Ir]. The summed E-state index contributed by atoms with van der Waals surface area (Å²) in [5.41, 5.74) is 19.6. The fraction of sp³-hybridized carbons (Fsp3) is 0.188. The van der Waals surface area contributed by atoms with Crippen molar-refractivity contribution in [1.82, 2.24) is 19.1 Å². The number of nitrogens with zero attached hydrogens (tertiary/aromatic N) is 4. The van der Waals surface area contributed by atoms with E-state index in [-0.39, 0.29) is 37.5 Å². The van der Waals surface area contributed by atoms with Crippen LogP contribution in [0, 0.1) is 19.0 Å². The molecule has 375 valence electrons. The third kappa shape index (κ3) is 9.59. The molecule has 1 radical (unpaired) electrons. The van der Waals surface area contributed by atoms with Crippen molar-refractivity contribution < 1.29 is 28.6 Å². The number of hydrogen-bond acceptors (Lipinski definition) is 3. The number of benzene rings is 9. The first-order valence-electron chi connectivity index (χ1n) is 27.4. The zero-order valence-corrected chi connectivity index (χ0v) is 46.1. The largest absolute Gasteiger partial charge is 0.501 e. The molecule has 6 heteroatoms. The molecule has 5 nitrogen and oxygen atoms in total. The van der Waals surface area contributed by atoms with Crippen LogP contribution in [-0.4, -0.2) is 19.1 Å². The molecular formula is C69H62IrN4O-2. The van der Waals surface area contributed by atoms with E-state index in [2.05, 4.69) is 204 Å². The molecule has 9 aromatic carbocycles. The van der Waals surface area contributed by atoms with E-state index < -0.39 is 6.85 Å². The van der Waals surface area contributed by atoms with Crippen LogP contribution in [0.2, 0.25) is 0 Å². The second-order valence-corrected chi connectivity index (χ2v) is 20.6. The number of aryl methyl sites for hydroxylation is 1. The topological polar surface area (TPSA) is 48.8 Å². The third-order valence-corrected chi connectivity index (χ3v) is 14.2. The van der Waals surface area contributed by atoms with E-state index in [1.165, 1.54) is 50.2 Å². The van der Waals surface area contributed by atoms with Gasteiger partial charge in [-0.2, -0.15) is 0 Å². The monoisotopic (exact) mass is 1160 g/mol. The summed E-state index contributed by atoms with van der Waals surface area (Å²) in [6, 6.07) is 71.2. The number of para-hydroxylation sites is 4. The number of fused-ring (bicyclic) bond motifs is 5. The number of furan rings is 1. The van der Waals surface area contributed by atoms with Crippen molar-refractivity contribution in [2.45, 2.75) is 85.9 Å². The van der Waals surface area contributed by atoms with Gasteiger partial charge in [0, 0.05) is 41.0 Å². The summed E-state index contributed by atoms with van der Waals surface area (Å²) in [4.78, 5) is 10.3. The molecule has 0 saturated carbocycles. The van der Waals surface area contributed by atoms with Gasteiger partial charge in [-0.25, -0.2) is 0 Å². The van der Waals surface area contributed by atoms with Crippen molar-refractivity contribution >= 4 is 44.0 Å². The Morgan fingerprint density at radius 3 is 1.43 bits per heavy atom. The smallest absolute Gasteiger partial charge is 0.121 e. The summed E-state index contributed by atoms with van der Waals surface area (Å²) >= 11 is 0. The average molecular weight is 1160 g/mol. The Balaban J connectivity index is 0.000000181. The van der Waals surface area contributed by atoms with Gasteiger partial charge in [0.05, 0.1) is 39.3 Å². The molecule has 0 aliphatic heterocycles. The first kappa shape index (κ1) is 47.1. The molecule has 3 heterocycles. The van der Waals surface area contributed by atoms with Gasteiger partial charge < -0.3 is 13.6 Å². The number of rotatable bonds is 10. The van der Waals surface area contributed by atoms with Crippen LogP contribution in [-0.2, 0) is 20.1 Å². The van der Waals surface area contributed by atoms with Crippen molar-refractivity contribution in [2.24, 2.45) is 0 Å². The molecule has 0 amide bonds. The Labute approximate surface area is 459 Å². The van der Waals surface area contributed by atoms with Crippen LogP contribution in [0.15, 0.2) is 192 Å². The first-order chi connectivity index (χ1) is 37.2. The molecule has 0 fully saturated rings. The summed E-state index contributed by atoms with van der Waals surface area (Å²) in [5.74, 6) is 2.87. The molecular weight excluding hydrogens is 1090 g/mol. The molecule has 3 aromatic heterocycles. The van der Waals surface area contributed by atoms with Gasteiger partial charge in [0.2, 0.25) is 0 Å². The van der Waals surface area contributed by atoms with Gasteiger partial charge in [0.15, 0.2) is 0 Å². The minimum absolute atomic E-state index is 0. The van der Waals surface area contributed by atoms with E-state index in [1.54, 1.807) is 12.1 Å². The standard InChI is InChI=1S/C38H33N2O.C31H29N2.Ir/c1-23(2)31-21-27(26-12-7-6-8-13-26)22-32(24(3)4)36(31)40-34-17-10-9-16-33(34)39-38(40)30-15-11-14-29-28-19-18-25(5)20-35(28)41-37(29)30;1-21(2)26-19-25(23-13-7-5-8-14-23)20-27(22(3)4)30(26)33-29-18-12-11-17-28(29)32-31(33)24-15-9-6-10-16-24;/h6-14,16-24H,1-5H3;5-15,17-22H,1-4H3;/q2*-1;/i5D3;;. The van der Waals surface area contributed by atoms with Crippen molar-refractivity contribution in [1.29, 1.82) is 0 Å². The zero-order valence-electron chi connectivity index (χ0n) is 46.7. The summed E-state index contributed by atoms with van der Waals surface area (Å²) in [5, 5.41) is 1.76. The van der Waals surface area contributed by atoms with E-state index in [9.17, 15) is 0 Å². The van der Waals surface area contributed by atoms with Crippen LogP contribution < -0.4 is 0 Å². The van der Waals surface area contributed by atoms with E-state index in [4.69, 9.17) is 18.5 Å². The fourth-order valence-electron chi connectivity index (χ4n) is 10.5. The fourth-order valence-corrected chi connectivity index (χ4v) is 10.5. The van der Waals surface area contributed by atoms with Crippen LogP contribution in [0.4, 0.5) is 0 Å². The Kier molecular flexibility index (Phi) is 13.4. The van der Waals surface area contributed by atoms with Crippen molar-refractivity contribution in [3.63, 3.8) is 0 Å². The maximum atomic E-state index is 7.90. The summed E-state index contributed by atoms with van der Waals surface area (Å²) in [7, 11) is 0. The van der Waals surface area contributed by atoms with E-state index in [1.807, 2.05) is 48.5 Å². The molecule has 0 spiro atoms. The Hall–Kier alpha value is -7.63. The molecule has 75 heavy (non-hydrogen) atoms. The van der Waals surface area contributed by atoms with E-state index in [0.717, 1.165) is 61.3 Å². The van der Waals surface area contributed by atoms with Gasteiger partial charge in [-0.1, -0.05) is 163 Å². The van der Waals surface area contributed by atoms with Gasteiger partial charge in [0.25, 0.3) is 0 Å². The van der Waals surface area contributed by atoms with Crippen molar-refractivity contribution in [3.8, 4) is 56.4 Å². The predicted molar refractivity (Wildman–Crippen MR) is 310 cm³/mol. The molecule has 0 bridgehead atoms. The number of imidazole rings is 2. The second-order valence-electron chi connectivity index (χ2n) is 20.6. The molecule has 0 unspecified atom stereocenters. The van der Waals surface area contributed by atoms with Crippen molar-refractivity contribution in [3.05, 3.63) is 228 Å². The molecule has 0 aliphatic carbocycles. The molecule has 12 aromatic rings. The van der Waals surface area contributed by atoms with Crippen LogP contribution in [0.5, 0.6) is 0 Å². The van der Waals surface area contributed by atoms with Crippen molar-refractivity contribution in [2.75, 3.05) is 0 Å². The van der Waals surface area contributed by atoms with Gasteiger partial charge in [-0.15, -0.1) is 54.1 Å². The number of hydrogen-bond donors (Lipinski definition) is 0. The predicted octanol–water partition coefficient (Wildman–Crippen LogP) is 19.0. The first-order valence-corrected chi connectivity index (χ1v) is 25.9. The molecule has 12 rings (SSSR count). The van der Waals surface area contributed by atoms with Gasteiger partial charge in [-0.3, -0.25) is 9.97 Å². The Morgan fingerprint density at radius 1 is 0.453 bits per heavy atom. The van der Waals surface area contributed by atoms with E-state index >= 15 is 0 Å². The van der Waals surface area contributed by atoms with Crippen LogP contribution in [0.25, 0.3) is 100 Å². The zero-order chi connectivity index (χ0) is 53.7. The molecule has 0 N–H and O–H groups in total. The quantitative estimate of drug-likeness (QED) is 0.128. The summed E-state index contributed by atoms with van der Waals surface area (Å²) in [6.07, 6.45) is 0. The Bertz CT molecular complexity index is 4040. The minimum atomic E-state index is -2.22. The number of aromatic nitrogens is 4. The van der Waals surface area contributed by atoms with Gasteiger partial charge in [-0.05, 0) is 135 Å². The summed E-state index contributed by atoms with van der Waals surface area (Å²) in [6.45, 7) is 15.9. The third-order valence-electron chi connectivity index (χ3n) is 14.2. The van der Waals surface area contributed by atoms with Crippen LogP contribution in [0.1, 0.15) is 111 Å². The minimum Gasteiger partial charge on any atom is -0.501 e. The van der Waals surface area contributed by atoms with Crippen LogP contribution >= 0.6 is 0 Å². The van der Waals surface area contributed by atoms with E-state index in [0.29, 0.717) is 23.0 Å².